The van der Waals surface area contributed by atoms with Gasteiger partial charge in [-0.3, -0.25) is 9.59 Å². The summed E-state index contributed by atoms with van der Waals surface area (Å²) in [6.07, 6.45) is 6.05. The van der Waals surface area contributed by atoms with E-state index in [1.165, 1.54) is 11.0 Å². The summed E-state index contributed by atoms with van der Waals surface area (Å²) in [4.78, 5) is 30.2. The van der Waals surface area contributed by atoms with Crippen LogP contribution in [0.4, 0.5) is 0 Å². The Kier molecular flexibility index (Phi) is 5.53. The van der Waals surface area contributed by atoms with Crippen molar-refractivity contribution in [3.63, 3.8) is 0 Å². The van der Waals surface area contributed by atoms with Crippen LogP contribution in [-0.2, 0) is 16.1 Å². The molecule has 2 saturated heterocycles. The van der Waals surface area contributed by atoms with Crippen LogP contribution >= 0.6 is 0 Å². The summed E-state index contributed by atoms with van der Waals surface area (Å²) in [7, 11) is 0. The Morgan fingerprint density at radius 2 is 1.96 bits per heavy atom. The molecule has 0 N–H and O–H groups in total. The number of amides is 2. The number of aromatic nitrogens is 4. The van der Waals surface area contributed by atoms with Crippen LogP contribution in [0.1, 0.15) is 59.8 Å². The third-order valence-electron chi connectivity index (χ3n) is 6.19. The van der Waals surface area contributed by atoms with Crippen molar-refractivity contribution in [3.8, 4) is 0 Å². The highest BCUT2D eigenvalue weighted by atomic mass is 16.2. The number of nitrogens with zero attached hydrogens (tertiary/aromatic N) is 6. The van der Waals surface area contributed by atoms with Gasteiger partial charge in [-0.1, -0.05) is 20.8 Å². The van der Waals surface area contributed by atoms with E-state index in [0.29, 0.717) is 6.54 Å². The van der Waals surface area contributed by atoms with Gasteiger partial charge >= 0.3 is 0 Å². The van der Waals surface area contributed by atoms with Crippen molar-refractivity contribution in [2.24, 2.45) is 10.8 Å². The van der Waals surface area contributed by atoms with Crippen molar-refractivity contribution in [2.45, 2.75) is 72.4 Å². The summed E-state index contributed by atoms with van der Waals surface area (Å²) in [5.41, 5.74) is -0.235. The molecule has 3 rings (SSSR count). The molecule has 8 heteroatoms. The molecular formula is C19H32N6O2. The molecule has 0 aromatic carbocycles. The van der Waals surface area contributed by atoms with Gasteiger partial charge in [0, 0.05) is 25.7 Å². The third-order valence-corrected chi connectivity index (χ3v) is 6.19. The number of carbonyl (C=O) groups is 2. The van der Waals surface area contributed by atoms with Gasteiger partial charge in [-0.15, -0.1) is 5.10 Å². The van der Waals surface area contributed by atoms with Gasteiger partial charge in [0.25, 0.3) is 0 Å². The Hall–Kier alpha value is -1.99. The zero-order valence-corrected chi connectivity index (χ0v) is 17.0. The van der Waals surface area contributed by atoms with Crippen LogP contribution < -0.4 is 0 Å². The molecule has 2 aliphatic heterocycles. The molecule has 0 radical (unpaired) electrons. The Bertz CT molecular complexity index is 664. The van der Waals surface area contributed by atoms with Gasteiger partial charge in [-0.25, -0.2) is 4.68 Å². The van der Waals surface area contributed by atoms with Crippen LogP contribution in [0.2, 0.25) is 0 Å². The normalized spacial score (nSPS) is 26.7. The second-order valence-electron chi connectivity index (χ2n) is 9.24. The van der Waals surface area contributed by atoms with E-state index in [2.05, 4.69) is 36.3 Å². The van der Waals surface area contributed by atoms with Gasteiger partial charge < -0.3 is 9.80 Å². The number of likely N-dealkylation sites (tertiary alicyclic amines) is 2. The zero-order valence-electron chi connectivity index (χ0n) is 17.0. The molecule has 1 aromatic rings. The smallest absolute Gasteiger partial charge is 0.244 e. The summed E-state index contributed by atoms with van der Waals surface area (Å²) in [5.74, 6) is 0.221. The third kappa shape index (κ3) is 4.14. The molecule has 0 aliphatic carbocycles. The Labute approximate surface area is 161 Å². The predicted octanol–water partition coefficient (Wildman–Crippen LogP) is 1.73. The van der Waals surface area contributed by atoms with E-state index < -0.39 is 5.41 Å². The average molecular weight is 377 g/mol. The fourth-order valence-electron chi connectivity index (χ4n) is 4.50. The number of hydrogen-bond acceptors (Lipinski definition) is 5. The molecule has 150 valence electrons. The van der Waals surface area contributed by atoms with Gasteiger partial charge in [0.1, 0.15) is 12.9 Å². The molecule has 0 unspecified atom stereocenters. The molecule has 3 heterocycles. The van der Waals surface area contributed by atoms with E-state index in [-0.39, 0.29) is 29.8 Å². The van der Waals surface area contributed by atoms with E-state index in [9.17, 15) is 9.59 Å². The maximum Gasteiger partial charge on any atom is 0.244 e. The molecular weight excluding hydrogens is 344 g/mol. The fraction of sp³-hybridized carbons (Fsp3) is 0.842. The van der Waals surface area contributed by atoms with E-state index in [4.69, 9.17) is 0 Å². The number of tetrazole rings is 1. The minimum absolute atomic E-state index is 0.0199. The van der Waals surface area contributed by atoms with E-state index >= 15 is 0 Å². The molecule has 2 aliphatic rings. The van der Waals surface area contributed by atoms with Crippen LogP contribution in [0.15, 0.2) is 6.33 Å². The molecule has 0 bridgehead atoms. The molecule has 27 heavy (non-hydrogen) atoms. The SMILES string of the molecule is C[C@H]1N(C(=O)Cn2cnnn2)CCC[C@@]12CCCN(CCC(C)(C)C)C2=O. The van der Waals surface area contributed by atoms with Gasteiger partial charge in [0.2, 0.25) is 11.8 Å². The van der Waals surface area contributed by atoms with Crippen molar-refractivity contribution < 1.29 is 9.59 Å². The van der Waals surface area contributed by atoms with Gasteiger partial charge in [0.05, 0.1) is 5.41 Å². The first-order valence-electron chi connectivity index (χ1n) is 10.0. The largest absolute Gasteiger partial charge is 0.342 e. The van der Waals surface area contributed by atoms with Crippen molar-refractivity contribution in [2.75, 3.05) is 19.6 Å². The zero-order chi connectivity index (χ0) is 19.7. The van der Waals surface area contributed by atoms with Crippen LogP contribution in [-0.4, -0.2) is 67.5 Å². The summed E-state index contributed by atoms with van der Waals surface area (Å²) in [6.45, 7) is 11.1. The molecule has 8 nitrogen and oxygen atoms in total. The number of carbonyl (C=O) groups excluding carboxylic acids is 2. The lowest BCUT2D eigenvalue weighted by Gasteiger charge is -2.52. The monoisotopic (exact) mass is 376 g/mol. The summed E-state index contributed by atoms with van der Waals surface area (Å²) in [5, 5.41) is 11.0. The van der Waals surface area contributed by atoms with Gasteiger partial charge in [-0.2, -0.15) is 0 Å². The Morgan fingerprint density at radius 1 is 1.26 bits per heavy atom. The van der Waals surface area contributed by atoms with Crippen molar-refractivity contribution in [1.29, 1.82) is 0 Å². The van der Waals surface area contributed by atoms with E-state index in [0.717, 1.165) is 45.2 Å². The number of rotatable bonds is 4. The lowest BCUT2D eigenvalue weighted by atomic mass is 9.67. The summed E-state index contributed by atoms with van der Waals surface area (Å²) in [6, 6.07) is -0.0971. The van der Waals surface area contributed by atoms with Gasteiger partial charge in [0.15, 0.2) is 0 Å². The first-order chi connectivity index (χ1) is 12.7. The van der Waals surface area contributed by atoms with Crippen molar-refractivity contribution in [1.82, 2.24) is 30.0 Å². The minimum atomic E-state index is -0.440. The van der Waals surface area contributed by atoms with E-state index in [1.54, 1.807) is 0 Å². The number of piperidine rings is 2. The predicted molar refractivity (Wildman–Crippen MR) is 101 cm³/mol. The standard InChI is InChI=1S/C19H32N6O2/c1-15-19(7-5-10-23(17(19)27)12-9-18(2,3)4)8-6-11-25(15)16(26)13-24-14-20-21-22-24/h14-15H,5-13H2,1-4H3/t15-,19+/m1/s1. The van der Waals surface area contributed by atoms with Crippen LogP contribution in [0, 0.1) is 10.8 Å². The quantitative estimate of drug-likeness (QED) is 0.799. The molecule has 2 atom stereocenters. The Morgan fingerprint density at radius 3 is 2.59 bits per heavy atom. The average Bonchev–Trinajstić information content (AvgIpc) is 3.10. The minimum Gasteiger partial charge on any atom is -0.342 e. The first-order valence-corrected chi connectivity index (χ1v) is 10.0. The van der Waals surface area contributed by atoms with Crippen LogP contribution in [0.25, 0.3) is 0 Å². The maximum atomic E-state index is 13.5. The lowest BCUT2D eigenvalue weighted by molar-refractivity contribution is -0.160. The van der Waals surface area contributed by atoms with Crippen molar-refractivity contribution in [3.05, 3.63) is 6.33 Å². The molecule has 1 spiro atoms. The second kappa shape index (κ2) is 7.56. The second-order valence-corrected chi connectivity index (χ2v) is 9.24. The summed E-state index contributed by atoms with van der Waals surface area (Å²) < 4.78 is 1.44. The van der Waals surface area contributed by atoms with Gasteiger partial charge in [-0.05, 0) is 54.9 Å². The molecule has 1 aromatic heterocycles. The van der Waals surface area contributed by atoms with Crippen molar-refractivity contribution >= 4 is 11.8 Å². The molecule has 2 amide bonds. The molecule has 2 fully saturated rings. The topological polar surface area (TPSA) is 84.2 Å². The maximum absolute atomic E-state index is 13.5. The van der Waals surface area contributed by atoms with E-state index in [1.807, 2.05) is 16.7 Å². The fourth-order valence-corrected chi connectivity index (χ4v) is 4.50. The highest BCUT2D eigenvalue weighted by molar-refractivity contribution is 5.86. The van der Waals surface area contributed by atoms with Crippen LogP contribution in [0.5, 0.6) is 0 Å². The van der Waals surface area contributed by atoms with Crippen LogP contribution in [0.3, 0.4) is 0 Å². The highest BCUT2D eigenvalue weighted by Crippen LogP contribution is 2.44. The highest BCUT2D eigenvalue weighted by Gasteiger charge is 2.52. The summed E-state index contributed by atoms with van der Waals surface area (Å²) >= 11 is 0. The lowest BCUT2D eigenvalue weighted by Crippen LogP contribution is -2.62. The first kappa shape index (κ1) is 19.8. The number of hydrogen-bond donors (Lipinski definition) is 0. The Balaban J connectivity index is 1.73. The molecule has 0 saturated carbocycles.